The lowest BCUT2D eigenvalue weighted by atomic mass is 10.1. The zero-order chi connectivity index (χ0) is 18.1. The summed E-state index contributed by atoms with van der Waals surface area (Å²) < 4.78 is 20.6. The maximum Gasteiger partial charge on any atom is 0.227 e. The van der Waals surface area contributed by atoms with Crippen LogP contribution in [0.15, 0.2) is 48.5 Å². The second-order valence-electron chi connectivity index (χ2n) is 6.48. The number of imidazole rings is 1. The lowest BCUT2D eigenvalue weighted by molar-refractivity contribution is -0.117. The molecule has 2 heterocycles. The molecule has 26 heavy (non-hydrogen) atoms. The molecular formula is C20H20FN3O2. The summed E-state index contributed by atoms with van der Waals surface area (Å²) in [5, 5.41) is 0. The number of para-hydroxylation sites is 2. The average molecular weight is 353 g/mol. The minimum absolute atomic E-state index is 0.00295. The number of aromatic nitrogens is 2. The van der Waals surface area contributed by atoms with Crippen LogP contribution < -0.4 is 4.90 Å². The number of hydrogen-bond acceptors (Lipinski definition) is 3. The first kappa shape index (κ1) is 16.7. The summed E-state index contributed by atoms with van der Waals surface area (Å²) in [5.41, 5.74) is 2.69. The van der Waals surface area contributed by atoms with Crippen LogP contribution >= 0.6 is 0 Å². The SMILES string of the molecule is COCCn1c([C@@H]2CC(=O)N(c3ccc(F)cc3)C2)nc2ccccc21. The number of anilines is 1. The number of fused-ring (bicyclic) bond motifs is 1. The number of ether oxygens (including phenoxy) is 1. The van der Waals surface area contributed by atoms with Crippen molar-refractivity contribution in [1.82, 2.24) is 9.55 Å². The van der Waals surface area contributed by atoms with E-state index in [0.717, 1.165) is 22.5 Å². The van der Waals surface area contributed by atoms with Gasteiger partial charge < -0.3 is 14.2 Å². The third-order valence-electron chi connectivity index (χ3n) is 4.83. The highest BCUT2D eigenvalue weighted by Crippen LogP contribution is 2.33. The minimum atomic E-state index is -0.307. The fraction of sp³-hybridized carbons (Fsp3) is 0.300. The van der Waals surface area contributed by atoms with E-state index in [0.29, 0.717) is 26.1 Å². The van der Waals surface area contributed by atoms with Crippen molar-refractivity contribution in [2.24, 2.45) is 0 Å². The fourth-order valence-corrected chi connectivity index (χ4v) is 3.57. The number of hydrogen-bond donors (Lipinski definition) is 0. The van der Waals surface area contributed by atoms with Gasteiger partial charge in [-0.05, 0) is 36.4 Å². The molecule has 4 rings (SSSR count). The third kappa shape index (κ3) is 2.97. The van der Waals surface area contributed by atoms with Gasteiger partial charge in [-0.15, -0.1) is 0 Å². The summed E-state index contributed by atoms with van der Waals surface area (Å²) in [6, 6.07) is 14.0. The maximum atomic E-state index is 13.2. The molecule has 0 saturated carbocycles. The van der Waals surface area contributed by atoms with Gasteiger partial charge in [-0.3, -0.25) is 4.79 Å². The van der Waals surface area contributed by atoms with E-state index in [-0.39, 0.29) is 17.6 Å². The Hall–Kier alpha value is -2.73. The third-order valence-corrected chi connectivity index (χ3v) is 4.83. The molecular weight excluding hydrogens is 333 g/mol. The molecule has 2 aromatic carbocycles. The number of halogens is 1. The zero-order valence-corrected chi connectivity index (χ0v) is 14.6. The second-order valence-corrected chi connectivity index (χ2v) is 6.48. The van der Waals surface area contributed by atoms with Crippen LogP contribution in [-0.4, -0.2) is 35.7 Å². The molecule has 0 spiro atoms. The Labute approximate surface area is 151 Å². The highest BCUT2D eigenvalue weighted by atomic mass is 19.1. The predicted molar refractivity (Wildman–Crippen MR) is 97.7 cm³/mol. The molecule has 0 aliphatic carbocycles. The highest BCUT2D eigenvalue weighted by Gasteiger charge is 2.34. The van der Waals surface area contributed by atoms with Crippen LogP contribution in [-0.2, 0) is 16.1 Å². The van der Waals surface area contributed by atoms with Gasteiger partial charge >= 0.3 is 0 Å². The van der Waals surface area contributed by atoms with Gasteiger partial charge in [-0.1, -0.05) is 12.1 Å². The predicted octanol–water partition coefficient (Wildman–Crippen LogP) is 3.34. The van der Waals surface area contributed by atoms with E-state index < -0.39 is 0 Å². The molecule has 0 N–H and O–H groups in total. The Bertz CT molecular complexity index is 936. The van der Waals surface area contributed by atoms with Crippen LogP contribution in [0.3, 0.4) is 0 Å². The second kappa shape index (κ2) is 6.88. The lowest BCUT2D eigenvalue weighted by Crippen LogP contribution is -2.24. The molecule has 1 aliphatic heterocycles. The number of carbonyl (C=O) groups excluding carboxylic acids is 1. The summed E-state index contributed by atoms with van der Waals surface area (Å²) in [5.74, 6) is 0.628. The summed E-state index contributed by atoms with van der Waals surface area (Å²) in [6.07, 6.45) is 0.397. The quantitative estimate of drug-likeness (QED) is 0.707. The first-order chi connectivity index (χ1) is 12.7. The molecule has 1 fully saturated rings. The molecule has 1 aromatic heterocycles. The van der Waals surface area contributed by atoms with Gasteiger partial charge in [0.1, 0.15) is 11.6 Å². The van der Waals surface area contributed by atoms with Crippen molar-refractivity contribution in [3.05, 3.63) is 60.2 Å². The average Bonchev–Trinajstić information content (AvgIpc) is 3.21. The first-order valence-electron chi connectivity index (χ1n) is 8.67. The molecule has 6 heteroatoms. The van der Waals surface area contributed by atoms with Crippen molar-refractivity contribution >= 4 is 22.6 Å². The number of rotatable bonds is 5. The van der Waals surface area contributed by atoms with Gasteiger partial charge in [0.25, 0.3) is 0 Å². The number of amides is 1. The largest absolute Gasteiger partial charge is 0.383 e. The number of methoxy groups -OCH3 is 1. The van der Waals surface area contributed by atoms with E-state index in [4.69, 9.17) is 9.72 Å². The summed E-state index contributed by atoms with van der Waals surface area (Å²) in [4.78, 5) is 19.1. The van der Waals surface area contributed by atoms with Crippen molar-refractivity contribution in [3.8, 4) is 0 Å². The molecule has 1 aliphatic rings. The Kier molecular flexibility index (Phi) is 4.42. The van der Waals surface area contributed by atoms with E-state index >= 15 is 0 Å². The van der Waals surface area contributed by atoms with Gasteiger partial charge in [0.15, 0.2) is 0 Å². The van der Waals surface area contributed by atoms with Crippen molar-refractivity contribution < 1.29 is 13.9 Å². The summed E-state index contributed by atoms with van der Waals surface area (Å²) in [6.45, 7) is 1.81. The topological polar surface area (TPSA) is 47.4 Å². The molecule has 3 aromatic rings. The van der Waals surface area contributed by atoms with Gasteiger partial charge in [-0.25, -0.2) is 9.37 Å². The van der Waals surface area contributed by atoms with Crippen LogP contribution in [0.5, 0.6) is 0 Å². The van der Waals surface area contributed by atoms with Crippen LogP contribution in [0, 0.1) is 5.82 Å². The van der Waals surface area contributed by atoms with Crippen LogP contribution in [0.25, 0.3) is 11.0 Å². The highest BCUT2D eigenvalue weighted by molar-refractivity contribution is 5.96. The molecule has 134 valence electrons. The normalized spacial score (nSPS) is 17.4. The molecule has 5 nitrogen and oxygen atoms in total. The number of benzene rings is 2. The standard InChI is InChI=1S/C20H20FN3O2/c1-26-11-10-23-18-5-3-2-4-17(18)22-20(23)14-12-19(25)24(13-14)16-8-6-15(21)7-9-16/h2-9,14H,10-13H2,1H3/t14-/m1/s1. The molecule has 1 atom stereocenters. The molecule has 1 amide bonds. The van der Waals surface area contributed by atoms with Gasteiger partial charge in [-0.2, -0.15) is 0 Å². The van der Waals surface area contributed by atoms with E-state index in [1.807, 2.05) is 24.3 Å². The van der Waals surface area contributed by atoms with E-state index in [9.17, 15) is 9.18 Å². The van der Waals surface area contributed by atoms with Crippen molar-refractivity contribution in [3.63, 3.8) is 0 Å². The van der Waals surface area contributed by atoms with E-state index in [1.54, 1.807) is 24.1 Å². The van der Waals surface area contributed by atoms with Crippen LogP contribution in [0.4, 0.5) is 10.1 Å². The molecule has 0 unspecified atom stereocenters. The zero-order valence-electron chi connectivity index (χ0n) is 14.6. The Morgan fingerprint density at radius 1 is 1.19 bits per heavy atom. The van der Waals surface area contributed by atoms with Gasteiger partial charge in [0.2, 0.25) is 5.91 Å². The molecule has 0 radical (unpaired) electrons. The molecule has 1 saturated heterocycles. The summed E-state index contributed by atoms with van der Waals surface area (Å²) >= 11 is 0. The fourth-order valence-electron chi connectivity index (χ4n) is 3.57. The Balaban J connectivity index is 1.67. The smallest absolute Gasteiger partial charge is 0.227 e. The monoisotopic (exact) mass is 353 g/mol. The van der Waals surface area contributed by atoms with Crippen molar-refractivity contribution in [2.45, 2.75) is 18.9 Å². The van der Waals surface area contributed by atoms with E-state index in [1.165, 1.54) is 12.1 Å². The molecule has 0 bridgehead atoms. The van der Waals surface area contributed by atoms with Gasteiger partial charge in [0.05, 0.1) is 17.6 Å². The van der Waals surface area contributed by atoms with Crippen molar-refractivity contribution in [2.75, 3.05) is 25.2 Å². The number of carbonyl (C=O) groups is 1. The minimum Gasteiger partial charge on any atom is -0.383 e. The summed E-state index contributed by atoms with van der Waals surface area (Å²) in [7, 11) is 1.67. The van der Waals surface area contributed by atoms with Crippen molar-refractivity contribution in [1.29, 1.82) is 0 Å². The number of nitrogens with zero attached hydrogens (tertiary/aromatic N) is 3. The maximum absolute atomic E-state index is 13.2. The Morgan fingerprint density at radius 3 is 2.73 bits per heavy atom. The van der Waals surface area contributed by atoms with Crippen LogP contribution in [0.1, 0.15) is 18.2 Å². The van der Waals surface area contributed by atoms with Crippen LogP contribution in [0.2, 0.25) is 0 Å². The van der Waals surface area contributed by atoms with Gasteiger partial charge in [0, 0.05) is 38.2 Å². The van der Waals surface area contributed by atoms with E-state index in [2.05, 4.69) is 4.57 Å². The Morgan fingerprint density at radius 2 is 1.96 bits per heavy atom. The first-order valence-corrected chi connectivity index (χ1v) is 8.67. The lowest BCUT2D eigenvalue weighted by Gasteiger charge is -2.17.